The molecule has 0 aliphatic heterocycles. The second-order valence-electron chi connectivity index (χ2n) is 6.66. The average molecular weight is 365 g/mol. The fourth-order valence-corrected chi connectivity index (χ4v) is 3.33. The van der Waals surface area contributed by atoms with Crippen molar-refractivity contribution in [2.45, 2.75) is 13.0 Å². The van der Waals surface area contributed by atoms with Gasteiger partial charge in [0.2, 0.25) is 0 Å². The maximum atomic E-state index is 12.9. The largest absolute Gasteiger partial charge is 0.342 e. The molecule has 0 radical (unpaired) electrons. The van der Waals surface area contributed by atoms with Crippen LogP contribution < -0.4 is 5.32 Å². The second-order valence-corrected chi connectivity index (χ2v) is 6.66. The van der Waals surface area contributed by atoms with Crippen LogP contribution in [0.5, 0.6) is 0 Å². The van der Waals surface area contributed by atoms with E-state index in [-0.39, 0.29) is 5.91 Å². The van der Waals surface area contributed by atoms with Crippen molar-refractivity contribution < 1.29 is 4.79 Å². The number of nitriles is 1. The molecular weight excluding hydrogens is 346 g/mol. The molecule has 0 aliphatic rings. The monoisotopic (exact) mass is 365 g/mol. The number of carbonyl (C=O) groups is 1. The Morgan fingerprint density at radius 1 is 0.893 bits per heavy atom. The lowest BCUT2D eigenvalue weighted by Crippen LogP contribution is -2.11. The predicted molar refractivity (Wildman–Crippen MR) is 111 cm³/mol. The van der Waals surface area contributed by atoms with Gasteiger partial charge in [0.25, 0.3) is 5.91 Å². The molecule has 3 aromatic carbocycles. The van der Waals surface area contributed by atoms with Crippen LogP contribution in [0, 0.1) is 11.3 Å². The Hall–Kier alpha value is -3.84. The van der Waals surface area contributed by atoms with Crippen molar-refractivity contribution in [1.29, 1.82) is 5.26 Å². The Morgan fingerprint density at radius 2 is 1.61 bits per heavy atom. The number of fused-ring (bicyclic) bond motifs is 1. The minimum Gasteiger partial charge on any atom is -0.342 e. The zero-order chi connectivity index (χ0) is 19.3. The molecule has 0 unspecified atom stereocenters. The number of aromatic nitrogens is 1. The van der Waals surface area contributed by atoms with Crippen molar-refractivity contribution in [2.24, 2.45) is 0 Å². The van der Waals surface area contributed by atoms with E-state index in [1.807, 2.05) is 72.9 Å². The van der Waals surface area contributed by atoms with Gasteiger partial charge in [-0.25, -0.2) is 0 Å². The van der Waals surface area contributed by atoms with E-state index in [1.54, 1.807) is 0 Å². The van der Waals surface area contributed by atoms with Gasteiger partial charge in [-0.1, -0.05) is 60.7 Å². The highest BCUT2D eigenvalue weighted by Gasteiger charge is 2.15. The lowest BCUT2D eigenvalue weighted by Gasteiger charge is -2.05. The van der Waals surface area contributed by atoms with Gasteiger partial charge in [0.1, 0.15) is 0 Å². The van der Waals surface area contributed by atoms with E-state index in [0.717, 1.165) is 16.5 Å². The highest BCUT2D eigenvalue weighted by molar-refractivity contribution is 6.13. The summed E-state index contributed by atoms with van der Waals surface area (Å²) in [6.45, 7) is 0.706. The summed E-state index contributed by atoms with van der Waals surface area (Å²) in [5, 5.41) is 12.7. The SMILES string of the molecule is N#CCc1ccc(NC(=O)c2cn(Cc3ccccc3)c3ccccc23)cc1. The van der Waals surface area contributed by atoms with Gasteiger partial charge in [0.05, 0.1) is 18.1 Å². The second kappa shape index (κ2) is 7.81. The van der Waals surface area contributed by atoms with Crippen LogP contribution in [0.25, 0.3) is 10.9 Å². The van der Waals surface area contributed by atoms with Gasteiger partial charge < -0.3 is 9.88 Å². The third kappa shape index (κ3) is 3.65. The summed E-state index contributed by atoms with van der Waals surface area (Å²) in [4.78, 5) is 12.9. The first-order chi connectivity index (χ1) is 13.7. The fraction of sp³-hybridized carbons (Fsp3) is 0.0833. The van der Waals surface area contributed by atoms with Crippen molar-refractivity contribution in [3.05, 3.63) is 102 Å². The molecule has 4 aromatic rings. The first-order valence-corrected chi connectivity index (χ1v) is 9.13. The minimum absolute atomic E-state index is 0.143. The quantitative estimate of drug-likeness (QED) is 0.540. The first kappa shape index (κ1) is 17.6. The Kier molecular flexibility index (Phi) is 4.90. The molecule has 4 nitrogen and oxygen atoms in total. The highest BCUT2D eigenvalue weighted by Crippen LogP contribution is 2.23. The summed E-state index contributed by atoms with van der Waals surface area (Å²) >= 11 is 0. The van der Waals surface area contributed by atoms with E-state index in [4.69, 9.17) is 5.26 Å². The summed E-state index contributed by atoms with van der Waals surface area (Å²) in [7, 11) is 0. The van der Waals surface area contributed by atoms with Crippen LogP contribution in [0.2, 0.25) is 0 Å². The summed E-state index contributed by atoms with van der Waals surface area (Å²) in [5.74, 6) is -0.143. The molecule has 0 atom stereocenters. The normalized spacial score (nSPS) is 10.5. The maximum Gasteiger partial charge on any atom is 0.257 e. The number of nitrogens with zero attached hydrogens (tertiary/aromatic N) is 2. The molecule has 0 fully saturated rings. The number of amides is 1. The molecule has 1 aromatic heterocycles. The Bertz CT molecular complexity index is 1150. The topological polar surface area (TPSA) is 57.8 Å². The van der Waals surface area contributed by atoms with Crippen LogP contribution in [0.1, 0.15) is 21.5 Å². The number of hydrogen-bond acceptors (Lipinski definition) is 2. The first-order valence-electron chi connectivity index (χ1n) is 9.13. The summed E-state index contributed by atoms with van der Waals surface area (Å²) < 4.78 is 2.11. The molecule has 0 saturated heterocycles. The van der Waals surface area contributed by atoms with Crippen LogP contribution in [-0.4, -0.2) is 10.5 Å². The van der Waals surface area contributed by atoms with E-state index in [2.05, 4.69) is 28.1 Å². The molecule has 0 aliphatic carbocycles. The van der Waals surface area contributed by atoms with Crippen LogP contribution in [-0.2, 0) is 13.0 Å². The molecule has 1 amide bonds. The molecule has 4 rings (SSSR count). The van der Waals surface area contributed by atoms with Crippen LogP contribution in [0.4, 0.5) is 5.69 Å². The van der Waals surface area contributed by atoms with Crippen LogP contribution in [0.15, 0.2) is 85.1 Å². The van der Waals surface area contributed by atoms with Crippen molar-refractivity contribution in [3.8, 4) is 6.07 Å². The van der Waals surface area contributed by atoms with Crippen molar-refractivity contribution >= 4 is 22.5 Å². The number of para-hydroxylation sites is 1. The van der Waals surface area contributed by atoms with E-state index in [9.17, 15) is 4.79 Å². The van der Waals surface area contributed by atoms with Crippen LogP contribution in [0.3, 0.4) is 0 Å². The van der Waals surface area contributed by atoms with Crippen molar-refractivity contribution in [2.75, 3.05) is 5.32 Å². The van der Waals surface area contributed by atoms with E-state index < -0.39 is 0 Å². The number of rotatable bonds is 5. The van der Waals surface area contributed by atoms with E-state index >= 15 is 0 Å². The van der Waals surface area contributed by atoms with E-state index in [1.165, 1.54) is 5.56 Å². The Labute approximate surface area is 163 Å². The lowest BCUT2D eigenvalue weighted by molar-refractivity contribution is 0.102. The van der Waals surface area contributed by atoms with Gasteiger partial charge in [-0.3, -0.25) is 4.79 Å². The van der Waals surface area contributed by atoms with Crippen molar-refractivity contribution in [3.63, 3.8) is 0 Å². The molecule has 1 N–H and O–H groups in total. The highest BCUT2D eigenvalue weighted by atomic mass is 16.1. The Balaban J connectivity index is 1.63. The van der Waals surface area contributed by atoms with Gasteiger partial charge in [0.15, 0.2) is 0 Å². The van der Waals surface area contributed by atoms with Gasteiger partial charge >= 0.3 is 0 Å². The molecule has 28 heavy (non-hydrogen) atoms. The molecule has 4 heteroatoms. The molecule has 1 heterocycles. The number of benzene rings is 3. The summed E-state index contributed by atoms with van der Waals surface area (Å²) in [5.41, 5.74) is 4.50. The van der Waals surface area contributed by atoms with E-state index in [0.29, 0.717) is 24.2 Å². The average Bonchev–Trinajstić information content (AvgIpc) is 3.09. The molecule has 136 valence electrons. The number of carbonyl (C=O) groups excluding carboxylic acids is 1. The maximum absolute atomic E-state index is 12.9. The van der Waals surface area contributed by atoms with Crippen molar-refractivity contribution in [1.82, 2.24) is 4.57 Å². The molecular formula is C24H19N3O. The van der Waals surface area contributed by atoms with Gasteiger partial charge in [-0.15, -0.1) is 0 Å². The van der Waals surface area contributed by atoms with Crippen LogP contribution >= 0.6 is 0 Å². The smallest absolute Gasteiger partial charge is 0.257 e. The zero-order valence-corrected chi connectivity index (χ0v) is 15.3. The standard InChI is InChI=1S/C24H19N3O/c25-15-14-18-10-12-20(13-11-18)26-24(28)22-17-27(16-19-6-2-1-3-7-19)23-9-5-4-8-21(22)23/h1-13,17H,14,16H2,(H,26,28). The summed E-state index contributed by atoms with van der Waals surface area (Å²) in [6, 6.07) is 27.6. The predicted octanol–water partition coefficient (Wildman–Crippen LogP) is 5.01. The minimum atomic E-state index is -0.143. The van der Waals surface area contributed by atoms with Gasteiger partial charge in [-0.05, 0) is 29.3 Å². The number of anilines is 1. The fourth-order valence-electron chi connectivity index (χ4n) is 3.33. The Morgan fingerprint density at radius 3 is 2.36 bits per heavy atom. The van der Waals surface area contributed by atoms with Gasteiger partial charge in [-0.2, -0.15) is 5.26 Å². The molecule has 0 saturated carbocycles. The van der Waals surface area contributed by atoms with Gasteiger partial charge in [0, 0.05) is 29.3 Å². The zero-order valence-electron chi connectivity index (χ0n) is 15.3. The lowest BCUT2D eigenvalue weighted by atomic mass is 10.1. The molecule has 0 bridgehead atoms. The molecule has 0 spiro atoms. The summed E-state index contributed by atoms with van der Waals surface area (Å²) in [6.07, 6.45) is 2.28. The third-order valence-electron chi connectivity index (χ3n) is 4.72. The third-order valence-corrected chi connectivity index (χ3v) is 4.72. The number of hydrogen-bond donors (Lipinski definition) is 1. The number of nitrogens with one attached hydrogen (secondary N) is 1.